The van der Waals surface area contributed by atoms with Crippen LogP contribution in [0.25, 0.3) is 5.76 Å². The van der Waals surface area contributed by atoms with Crippen LogP contribution in [0.3, 0.4) is 0 Å². The fraction of sp³-hybridized carbons (Fsp3) is 0.125. The lowest BCUT2D eigenvalue weighted by atomic mass is 9.95. The van der Waals surface area contributed by atoms with Crippen LogP contribution < -0.4 is 4.74 Å². The van der Waals surface area contributed by atoms with Crippen LogP contribution in [-0.4, -0.2) is 33.8 Å². The summed E-state index contributed by atoms with van der Waals surface area (Å²) < 4.78 is 5.22. The minimum Gasteiger partial charge on any atom is -0.507 e. The minimum atomic E-state index is -0.774. The Labute approximate surface area is 184 Å². The number of ether oxygens (including phenoxy) is 1. The maximum Gasteiger partial charge on any atom is 0.295 e. The van der Waals surface area contributed by atoms with E-state index in [1.165, 1.54) is 12.0 Å². The Morgan fingerprint density at radius 2 is 1.90 bits per heavy atom. The summed E-state index contributed by atoms with van der Waals surface area (Å²) >= 11 is 6.04. The Hall–Kier alpha value is -3.64. The standard InChI is InChI=1S/C24H19ClN2O4/c1-31-19-6-2-5-17(12-19)22(28)20-21(16-7-9-18(25)10-8-16)27(24(30)23(20)29)14-15-4-3-11-26-13-15/h2-13,21,28H,14H2,1H3/b22-20-. The van der Waals surface area contributed by atoms with E-state index >= 15 is 0 Å². The zero-order valence-corrected chi connectivity index (χ0v) is 17.4. The number of Topliss-reactive ketones (excluding diaryl/α,β-unsaturated/α-hetero) is 1. The van der Waals surface area contributed by atoms with Crippen molar-refractivity contribution < 1.29 is 19.4 Å². The molecule has 156 valence electrons. The molecular formula is C24H19ClN2O4. The highest BCUT2D eigenvalue weighted by Crippen LogP contribution is 2.40. The van der Waals surface area contributed by atoms with Gasteiger partial charge in [-0.1, -0.05) is 41.9 Å². The normalized spacial score (nSPS) is 17.7. The van der Waals surface area contributed by atoms with Gasteiger partial charge in [-0.15, -0.1) is 0 Å². The predicted octanol–water partition coefficient (Wildman–Crippen LogP) is 4.37. The maximum atomic E-state index is 13.0. The van der Waals surface area contributed by atoms with Gasteiger partial charge < -0.3 is 14.7 Å². The molecule has 0 bridgehead atoms. The highest BCUT2D eigenvalue weighted by molar-refractivity contribution is 6.46. The van der Waals surface area contributed by atoms with Gasteiger partial charge in [0.15, 0.2) is 0 Å². The van der Waals surface area contributed by atoms with Crippen LogP contribution in [0.4, 0.5) is 0 Å². The summed E-state index contributed by atoms with van der Waals surface area (Å²) in [6.45, 7) is 0.167. The molecule has 7 heteroatoms. The number of ketones is 1. The largest absolute Gasteiger partial charge is 0.507 e. The SMILES string of the molecule is COc1cccc(/C(O)=C2/C(=O)C(=O)N(Cc3cccnc3)C2c2ccc(Cl)cc2)c1. The number of rotatable bonds is 5. The van der Waals surface area contributed by atoms with Gasteiger partial charge in [0.1, 0.15) is 11.5 Å². The van der Waals surface area contributed by atoms with Crippen molar-refractivity contribution >= 4 is 29.1 Å². The van der Waals surface area contributed by atoms with Gasteiger partial charge in [-0.3, -0.25) is 14.6 Å². The third-order valence-electron chi connectivity index (χ3n) is 5.14. The molecule has 0 saturated carbocycles. The van der Waals surface area contributed by atoms with E-state index in [4.69, 9.17) is 16.3 Å². The van der Waals surface area contributed by atoms with E-state index in [2.05, 4.69) is 4.98 Å². The molecule has 2 heterocycles. The van der Waals surface area contributed by atoms with Gasteiger partial charge >= 0.3 is 0 Å². The van der Waals surface area contributed by atoms with Gasteiger partial charge in [0.2, 0.25) is 0 Å². The van der Waals surface area contributed by atoms with Crippen LogP contribution >= 0.6 is 11.6 Å². The van der Waals surface area contributed by atoms with Gasteiger partial charge in [-0.2, -0.15) is 0 Å². The second kappa shape index (κ2) is 8.62. The van der Waals surface area contributed by atoms with Crippen molar-refractivity contribution in [2.45, 2.75) is 12.6 Å². The van der Waals surface area contributed by atoms with E-state index in [-0.39, 0.29) is 17.9 Å². The third-order valence-corrected chi connectivity index (χ3v) is 5.40. The molecule has 0 aliphatic carbocycles. The van der Waals surface area contributed by atoms with E-state index in [9.17, 15) is 14.7 Å². The monoisotopic (exact) mass is 434 g/mol. The third kappa shape index (κ3) is 4.02. The summed E-state index contributed by atoms with van der Waals surface area (Å²) in [6, 6.07) is 16.4. The summed E-state index contributed by atoms with van der Waals surface area (Å²) in [5.74, 6) is -1.17. The van der Waals surface area contributed by atoms with Crippen LogP contribution in [0.2, 0.25) is 5.02 Å². The molecule has 1 aromatic heterocycles. The number of hydrogen-bond donors (Lipinski definition) is 1. The lowest BCUT2D eigenvalue weighted by Crippen LogP contribution is -2.29. The first-order valence-electron chi connectivity index (χ1n) is 9.57. The molecule has 0 spiro atoms. The van der Waals surface area contributed by atoms with Gasteiger partial charge in [0.05, 0.1) is 18.7 Å². The summed E-state index contributed by atoms with van der Waals surface area (Å²) in [5, 5.41) is 11.6. The quantitative estimate of drug-likeness (QED) is 0.366. The zero-order chi connectivity index (χ0) is 22.0. The molecule has 6 nitrogen and oxygen atoms in total. The summed E-state index contributed by atoms with van der Waals surface area (Å²) in [5.41, 5.74) is 1.84. The lowest BCUT2D eigenvalue weighted by molar-refractivity contribution is -0.140. The number of likely N-dealkylation sites (tertiary alicyclic amines) is 1. The first-order chi connectivity index (χ1) is 15.0. The number of carbonyl (C=O) groups is 2. The van der Waals surface area contributed by atoms with Crippen LogP contribution in [0.1, 0.15) is 22.7 Å². The highest BCUT2D eigenvalue weighted by Gasteiger charge is 2.46. The fourth-order valence-electron chi connectivity index (χ4n) is 3.65. The van der Waals surface area contributed by atoms with Crippen LogP contribution in [0, 0.1) is 0 Å². The molecule has 1 N–H and O–H groups in total. The average molecular weight is 435 g/mol. The molecule has 31 heavy (non-hydrogen) atoms. The number of aliphatic hydroxyl groups is 1. The Bertz CT molecular complexity index is 1160. The Balaban J connectivity index is 1.86. The van der Waals surface area contributed by atoms with Crippen LogP contribution in [0.15, 0.2) is 78.6 Å². The van der Waals surface area contributed by atoms with Gasteiger partial charge in [-0.05, 0) is 41.5 Å². The maximum absolute atomic E-state index is 13.0. The number of aromatic nitrogens is 1. The molecule has 1 amide bonds. The van der Waals surface area contributed by atoms with Crippen molar-refractivity contribution in [2.75, 3.05) is 7.11 Å². The minimum absolute atomic E-state index is 0.0180. The predicted molar refractivity (Wildman–Crippen MR) is 117 cm³/mol. The lowest BCUT2D eigenvalue weighted by Gasteiger charge is -2.25. The van der Waals surface area contributed by atoms with E-state index < -0.39 is 17.7 Å². The number of nitrogens with zero attached hydrogens (tertiary/aromatic N) is 2. The molecule has 1 atom stereocenters. The zero-order valence-electron chi connectivity index (χ0n) is 16.7. The first kappa shape index (κ1) is 20.6. The van der Waals surface area contributed by atoms with E-state index in [1.54, 1.807) is 67.0 Å². The number of benzene rings is 2. The number of aliphatic hydroxyl groups excluding tert-OH is 1. The van der Waals surface area contributed by atoms with E-state index in [1.807, 2.05) is 6.07 Å². The summed E-state index contributed by atoms with van der Waals surface area (Å²) in [7, 11) is 1.51. The Morgan fingerprint density at radius 1 is 1.13 bits per heavy atom. The van der Waals surface area contributed by atoms with Crippen molar-refractivity contribution in [1.29, 1.82) is 0 Å². The smallest absolute Gasteiger partial charge is 0.295 e. The Morgan fingerprint density at radius 3 is 2.58 bits per heavy atom. The van der Waals surface area contributed by atoms with Crippen LogP contribution in [0.5, 0.6) is 5.75 Å². The molecule has 1 aliphatic heterocycles. The van der Waals surface area contributed by atoms with Crippen molar-refractivity contribution in [3.05, 3.63) is 100 Å². The molecule has 1 unspecified atom stereocenters. The number of carbonyl (C=O) groups excluding carboxylic acids is 2. The summed E-state index contributed by atoms with van der Waals surface area (Å²) in [4.78, 5) is 31.6. The second-order valence-corrected chi connectivity index (χ2v) is 7.51. The fourth-order valence-corrected chi connectivity index (χ4v) is 3.77. The molecule has 2 aromatic carbocycles. The average Bonchev–Trinajstić information content (AvgIpc) is 3.05. The number of pyridine rings is 1. The molecule has 0 radical (unpaired) electrons. The van der Waals surface area contributed by atoms with Crippen molar-refractivity contribution in [3.63, 3.8) is 0 Å². The van der Waals surface area contributed by atoms with Crippen molar-refractivity contribution in [1.82, 2.24) is 9.88 Å². The highest BCUT2D eigenvalue weighted by atomic mass is 35.5. The number of amides is 1. The number of hydrogen-bond acceptors (Lipinski definition) is 5. The molecule has 3 aromatic rings. The van der Waals surface area contributed by atoms with Gasteiger partial charge in [0.25, 0.3) is 11.7 Å². The summed E-state index contributed by atoms with van der Waals surface area (Å²) in [6.07, 6.45) is 3.28. The number of methoxy groups -OCH3 is 1. The topological polar surface area (TPSA) is 79.7 Å². The molecular weight excluding hydrogens is 416 g/mol. The van der Waals surface area contributed by atoms with E-state index in [0.29, 0.717) is 21.9 Å². The molecule has 1 fully saturated rings. The van der Waals surface area contributed by atoms with Crippen molar-refractivity contribution in [2.24, 2.45) is 0 Å². The second-order valence-electron chi connectivity index (χ2n) is 7.07. The van der Waals surface area contributed by atoms with Crippen LogP contribution in [-0.2, 0) is 16.1 Å². The number of halogens is 1. The Kier molecular flexibility index (Phi) is 5.73. The molecule has 4 rings (SSSR count). The van der Waals surface area contributed by atoms with E-state index in [0.717, 1.165) is 5.56 Å². The van der Waals surface area contributed by atoms with Gasteiger partial charge in [0, 0.05) is 29.5 Å². The van der Waals surface area contributed by atoms with Crippen molar-refractivity contribution in [3.8, 4) is 5.75 Å². The van der Waals surface area contributed by atoms with Gasteiger partial charge in [-0.25, -0.2) is 0 Å². The molecule has 1 aliphatic rings. The first-order valence-corrected chi connectivity index (χ1v) is 9.94. The molecule has 1 saturated heterocycles.